The van der Waals surface area contributed by atoms with Gasteiger partial charge in [0.05, 0.1) is 21.9 Å². The summed E-state index contributed by atoms with van der Waals surface area (Å²) >= 11 is 1.54. The van der Waals surface area contributed by atoms with Gasteiger partial charge in [0.15, 0.2) is 5.78 Å². The molecule has 0 aliphatic rings. The van der Waals surface area contributed by atoms with E-state index < -0.39 is 0 Å². The van der Waals surface area contributed by atoms with Crippen molar-refractivity contribution in [1.29, 1.82) is 0 Å². The quantitative estimate of drug-likeness (QED) is 0.727. The van der Waals surface area contributed by atoms with Crippen LogP contribution in [0.15, 0.2) is 23.8 Å². The molecule has 1 aromatic carbocycles. The Bertz CT molecular complexity index is 788. The molecule has 0 aliphatic heterocycles. The Morgan fingerprint density at radius 2 is 2.16 bits per heavy atom. The number of aromatic hydroxyl groups is 1. The van der Waals surface area contributed by atoms with Crippen LogP contribution in [0.4, 0.5) is 0 Å². The number of hydrogen-bond acceptors (Lipinski definition) is 5. The number of aromatic nitrogens is 3. The molecule has 5 nitrogen and oxygen atoms in total. The number of thiazole rings is 1. The Kier molecular flexibility index (Phi) is 2.60. The van der Waals surface area contributed by atoms with Gasteiger partial charge in [0.2, 0.25) is 5.88 Å². The minimum Gasteiger partial charge on any atom is -0.493 e. The van der Waals surface area contributed by atoms with Crippen LogP contribution in [0.3, 0.4) is 0 Å². The minimum absolute atomic E-state index is 0.122. The zero-order chi connectivity index (χ0) is 13.6. The predicted octanol–water partition coefficient (Wildman–Crippen LogP) is 2.27. The van der Waals surface area contributed by atoms with Gasteiger partial charge in [0.25, 0.3) is 0 Å². The Morgan fingerprint density at radius 1 is 1.37 bits per heavy atom. The summed E-state index contributed by atoms with van der Waals surface area (Å²) in [5, 5.41) is 13.7. The van der Waals surface area contributed by atoms with Gasteiger partial charge in [-0.1, -0.05) is 0 Å². The predicted molar refractivity (Wildman–Crippen MR) is 72.7 cm³/mol. The molecule has 0 bridgehead atoms. The van der Waals surface area contributed by atoms with Gasteiger partial charge < -0.3 is 5.11 Å². The number of nitrogens with zero attached hydrogens (tertiary/aromatic N) is 3. The first-order valence-corrected chi connectivity index (χ1v) is 6.56. The fourth-order valence-electron chi connectivity index (χ4n) is 2.05. The van der Waals surface area contributed by atoms with Gasteiger partial charge in [-0.25, -0.2) is 9.67 Å². The second-order valence-corrected chi connectivity index (χ2v) is 5.16. The maximum Gasteiger partial charge on any atom is 0.220 e. The van der Waals surface area contributed by atoms with Crippen molar-refractivity contribution in [1.82, 2.24) is 14.8 Å². The molecule has 0 atom stereocenters. The first-order chi connectivity index (χ1) is 9.09. The number of rotatable bonds is 2. The highest BCUT2D eigenvalue weighted by Gasteiger charge is 2.20. The molecule has 19 heavy (non-hydrogen) atoms. The lowest BCUT2D eigenvalue weighted by molar-refractivity contribution is 0.103. The summed E-state index contributed by atoms with van der Waals surface area (Å²) in [6, 6.07) is 3.64. The third-order valence-electron chi connectivity index (χ3n) is 3.15. The molecule has 1 N–H and O–H groups in total. The van der Waals surface area contributed by atoms with Crippen molar-refractivity contribution < 1.29 is 9.90 Å². The van der Waals surface area contributed by atoms with Crippen LogP contribution in [0, 0.1) is 6.92 Å². The molecule has 6 heteroatoms. The van der Waals surface area contributed by atoms with Crippen LogP contribution in [0.2, 0.25) is 0 Å². The molecule has 0 spiro atoms. The lowest BCUT2D eigenvalue weighted by atomic mass is 10.00. The van der Waals surface area contributed by atoms with Crippen molar-refractivity contribution in [2.24, 2.45) is 7.05 Å². The monoisotopic (exact) mass is 273 g/mol. The lowest BCUT2D eigenvalue weighted by Crippen LogP contribution is -2.03. The average Bonchev–Trinajstić information content (AvgIpc) is 2.98. The first kappa shape index (κ1) is 11.9. The van der Waals surface area contributed by atoms with Gasteiger partial charge in [-0.15, -0.1) is 11.3 Å². The number of fused-ring (bicyclic) bond motifs is 1. The normalized spacial score (nSPS) is 11.1. The molecule has 0 aliphatic carbocycles. The molecule has 96 valence electrons. The highest BCUT2D eigenvalue weighted by Crippen LogP contribution is 2.27. The average molecular weight is 273 g/mol. The molecule has 0 radical (unpaired) electrons. The molecule has 2 heterocycles. The number of carbonyl (C=O) groups excluding carboxylic acids is 1. The van der Waals surface area contributed by atoms with Crippen molar-refractivity contribution >= 4 is 27.3 Å². The lowest BCUT2D eigenvalue weighted by Gasteiger charge is -2.04. The minimum atomic E-state index is -0.238. The van der Waals surface area contributed by atoms with E-state index >= 15 is 0 Å². The summed E-state index contributed by atoms with van der Waals surface area (Å²) in [4.78, 5) is 16.7. The van der Waals surface area contributed by atoms with Gasteiger partial charge in [0.1, 0.15) is 5.56 Å². The molecule has 0 fully saturated rings. The van der Waals surface area contributed by atoms with E-state index in [0.29, 0.717) is 5.56 Å². The third kappa shape index (κ3) is 1.72. The second-order valence-electron chi connectivity index (χ2n) is 4.27. The zero-order valence-corrected chi connectivity index (χ0v) is 11.2. The fourth-order valence-corrected chi connectivity index (χ4v) is 2.78. The number of hydrogen-bond donors (Lipinski definition) is 1. The van der Waals surface area contributed by atoms with E-state index in [4.69, 9.17) is 0 Å². The molecular formula is C13H11N3O2S. The van der Waals surface area contributed by atoms with E-state index in [1.807, 2.05) is 13.0 Å². The van der Waals surface area contributed by atoms with Crippen molar-refractivity contribution in [3.63, 3.8) is 0 Å². The van der Waals surface area contributed by atoms with Gasteiger partial charge in [-0.05, 0) is 24.6 Å². The SMILES string of the molecule is Cc1c(C(=O)c2cnn(C)c2O)ccc2scnc12. The van der Waals surface area contributed by atoms with E-state index in [-0.39, 0.29) is 17.2 Å². The molecule has 0 saturated carbocycles. The van der Waals surface area contributed by atoms with Crippen LogP contribution in [0.1, 0.15) is 21.5 Å². The van der Waals surface area contributed by atoms with Gasteiger partial charge in [-0.2, -0.15) is 5.10 Å². The number of carbonyl (C=O) groups is 1. The Hall–Kier alpha value is -2.21. The largest absolute Gasteiger partial charge is 0.493 e. The molecule has 0 unspecified atom stereocenters. The Labute approximate surface area is 113 Å². The van der Waals surface area contributed by atoms with E-state index in [9.17, 15) is 9.90 Å². The van der Waals surface area contributed by atoms with Crippen LogP contribution in [0.5, 0.6) is 5.88 Å². The summed E-state index contributed by atoms with van der Waals surface area (Å²) in [6.45, 7) is 1.86. The van der Waals surface area contributed by atoms with Crippen molar-refractivity contribution in [2.45, 2.75) is 6.92 Å². The standard InChI is InChI=1S/C13H11N3O2S/c1-7-8(3-4-10-11(7)14-6-19-10)12(17)9-5-15-16(2)13(9)18/h3-6,18H,1-2H3. The van der Waals surface area contributed by atoms with Gasteiger partial charge in [-0.3, -0.25) is 4.79 Å². The number of aryl methyl sites for hydroxylation is 2. The molecular weight excluding hydrogens is 262 g/mol. The third-order valence-corrected chi connectivity index (χ3v) is 3.95. The summed E-state index contributed by atoms with van der Waals surface area (Å²) in [7, 11) is 1.59. The molecule has 0 amide bonds. The summed E-state index contributed by atoms with van der Waals surface area (Å²) < 4.78 is 2.31. The van der Waals surface area contributed by atoms with E-state index in [1.54, 1.807) is 18.6 Å². The molecule has 3 aromatic rings. The van der Waals surface area contributed by atoms with E-state index in [1.165, 1.54) is 22.2 Å². The summed E-state index contributed by atoms with van der Waals surface area (Å²) in [6.07, 6.45) is 1.38. The maximum absolute atomic E-state index is 12.4. The Balaban J connectivity index is 2.16. The molecule has 3 rings (SSSR count). The number of benzene rings is 1. The fraction of sp³-hybridized carbons (Fsp3) is 0.154. The second kappa shape index (κ2) is 4.17. The summed E-state index contributed by atoms with van der Waals surface area (Å²) in [5.74, 6) is -0.360. The van der Waals surface area contributed by atoms with Crippen LogP contribution in [-0.2, 0) is 7.05 Å². The summed E-state index contributed by atoms with van der Waals surface area (Å²) in [5.41, 5.74) is 4.17. The molecule has 2 aromatic heterocycles. The van der Waals surface area contributed by atoms with Gasteiger partial charge in [0, 0.05) is 12.6 Å². The highest BCUT2D eigenvalue weighted by atomic mass is 32.1. The van der Waals surface area contributed by atoms with Gasteiger partial charge >= 0.3 is 0 Å². The topological polar surface area (TPSA) is 68.0 Å². The van der Waals surface area contributed by atoms with Crippen LogP contribution >= 0.6 is 11.3 Å². The maximum atomic E-state index is 12.4. The van der Waals surface area contributed by atoms with Crippen molar-refractivity contribution in [2.75, 3.05) is 0 Å². The van der Waals surface area contributed by atoms with Crippen LogP contribution < -0.4 is 0 Å². The smallest absolute Gasteiger partial charge is 0.220 e. The van der Waals surface area contributed by atoms with Crippen molar-refractivity contribution in [3.8, 4) is 5.88 Å². The van der Waals surface area contributed by atoms with E-state index in [2.05, 4.69) is 10.1 Å². The Morgan fingerprint density at radius 3 is 2.84 bits per heavy atom. The zero-order valence-electron chi connectivity index (χ0n) is 10.4. The van der Waals surface area contributed by atoms with E-state index in [0.717, 1.165) is 15.8 Å². The number of ketones is 1. The van der Waals surface area contributed by atoms with Crippen molar-refractivity contribution in [3.05, 3.63) is 40.5 Å². The van der Waals surface area contributed by atoms with Crippen LogP contribution in [-0.4, -0.2) is 25.7 Å². The van der Waals surface area contributed by atoms with Crippen LogP contribution in [0.25, 0.3) is 10.2 Å². The first-order valence-electron chi connectivity index (χ1n) is 5.68. The molecule has 0 saturated heterocycles. The highest BCUT2D eigenvalue weighted by molar-refractivity contribution is 7.16.